The molecule has 0 bridgehead atoms. The summed E-state index contributed by atoms with van der Waals surface area (Å²) in [6.07, 6.45) is 1.23. The van der Waals surface area contributed by atoms with Gasteiger partial charge in [0.15, 0.2) is 0 Å². The van der Waals surface area contributed by atoms with E-state index in [2.05, 4.69) is 15.9 Å². The van der Waals surface area contributed by atoms with E-state index in [9.17, 15) is 14.9 Å². The minimum absolute atomic E-state index is 0.0771. The maximum atomic E-state index is 11.6. The molecular weight excluding hydrogens is 299 g/mol. The molecule has 0 spiro atoms. The quantitative estimate of drug-likeness (QED) is 0.487. The van der Waals surface area contributed by atoms with Crippen molar-refractivity contribution in [3.63, 3.8) is 0 Å². The first-order chi connectivity index (χ1) is 7.45. The van der Waals surface area contributed by atoms with Gasteiger partial charge in [-0.3, -0.25) is 14.9 Å². The van der Waals surface area contributed by atoms with E-state index >= 15 is 0 Å². The van der Waals surface area contributed by atoms with Gasteiger partial charge >= 0.3 is 0 Å². The van der Waals surface area contributed by atoms with E-state index in [1.165, 1.54) is 16.8 Å². The lowest BCUT2D eigenvalue weighted by molar-refractivity contribution is -0.385. The molecule has 5 nitrogen and oxygen atoms in total. The van der Waals surface area contributed by atoms with Crippen molar-refractivity contribution >= 4 is 33.2 Å². The smallest absolute Gasteiger partial charge is 0.286 e. The van der Waals surface area contributed by atoms with Crippen LogP contribution in [0.15, 0.2) is 21.5 Å². The molecule has 0 radical (unpaired) electrons. The van der Waals surface area contributed by atoms with E-state index in [1.807, 2.05) is 6.92 Å². The molecule has 0 saturated carbocycles. The van der Waals surface area contributed by atoms with Gasteiger partial charge in [0.05, 0.1) is 15.6 Å². The van der Waals surface area contributed by atoms with Crippen LogP contribution >= 0.6 is 27.5 Å². The Labute approximate surface area is 105 Å². The molecule has 1 heterocycles. The number of nitrogens with zero attached hydrogens (tertiary/aromatic N) is 2. The van der Waals surface area contributed by atoms with Crippen molar-refractivity contribution < 1.29 is 4.92 Å². The Bertz CT molecular complexity index is 461. The lowest BCUT2D eigenvalue weighted by Crippen LogP contribution is -2.24. The van der Waals surface area contributed by atoms with Gasteiger partial charge in [-0.2, -0.15) is 0 Å². The summed E-state index contributed by atoms with van der Waals surface area (Å²) in [6.45, 7) is 2.23. The van der Waals surface area contributed by atoms with Crippen molar-refractivity contribution in [2.45, 2.75) is 13.5 Å². The molecular formula is C9H10BrClN2O3. The van der Waals surface area contributed by atoms with Crippen molar-refractivity contribution in [1.82, 2.24) is 4.57 Å². The van der Waals surface area contributed by atoms with Crippen molar-refractivity contribution in [2.75, 3.05) is 5.88 Å². The summed E-state index contributed by atoms with van der Waals surface area (Å²) < 4.78 is 1.48. The highest BCUT2D eigenvalue weighted by molar-refractivity contribution is 9.10. The van der Waals surface area contributed by atoms with Gasteiger partial charge in [0.2, 0.25) is 0 Å². The van der Waals surface area contributed by atoms with E-state index in [0.717, 1.165) is 0 Å². The number of hydrogen-bond donors (Lipinski definition) is 0. The van der Waals surface area contributed by atoms with Crippen molar-refractivity contribution in [3.05, 3.63) is 37.2 Å². The Hall–Kier alpha value is -0.880. The maximum absolute atomic E-state index is 11.6. The topological polar surface area (TPSA) is 65.1 Å². The second-order valence-corrected chi connectivity index (χ2v) is 4.68. The number of halogens is 2. The predicted molar refractivity (Wildman–Crippen MR) is 64.9 cm³/mol. The summed E-state index contributed by atoms with van der Waals surface area (Å²) in [5.74, 6) is 0.473. The van der Waals surface area contributed by atoms with Crippen molar-refractivity contribution in [1.29, 1.82) is 0 Å². The zero-order valence-electron chi connectivity index (χ0n) is 8.52. The van der Waals surface area contributed by atoms with E-state index < -0.39 is 4.92 Å². The highest BCUT2D eigenvalue weighted by Crippen LogP contribution is 2.15. The zero-order valence-corrected chi connectivity index (χ0v) is 10.9. The standard InChI is InChI=1S/C9H10BrClN2O3/c1-6(3-11)4-12-5-7(13(15)16)2-8(10)9(12)14/h2,5-6H,3-4H2,1H3. The molecule has 7 heteroatoms. The molecule has 0 fully saturated rings. The minimum atomic E-state index is -0.536. The van der Waals surface area contributed by atoms with Crippen LogP contribution in [0.2, 0.25) is 0 Å². The zero-order chi connectivity index (χ0) is 12.3. The fourth-order valence-corrected chi connectivity index (χ4v) is 1.76. The summed E-state index contributed by atoms with van der Waals surface area (Å²) in [5, 5.41) is 10.6. The molecule has 1 atom stereocenters. The molecule has 0 aliphatic carbocycles. The molecule has 0 amide bonds. The number of nitro groups is 1. The second kappa shape index (κ2) is 5.45. The first-order valence-corrected chi connectivity index (χ1v) is 5.88. The summed E-state index contributed by atoms with van der Waals surface area (Å²) in [6, 6.07) is 1.20. The van der Waals surface area contributed by atoms with Gasteiger partial charge in [0.1, 0.15) is 0 Å². The van der Waals surface area contributed by atoms with Crippen LogP contribution in [0.4, 0.5) is 5.69 Å². The summed E-state index contributed by atoms with van der Waals surface area (Å²) in [5.41, 5.74) is -0.407. The monoisotopic (exact) mass is 308 g/mol. The Kier molecular flexibility index (Phi) is 4.49. The lowest BCUT2D eigenvalue weighted by atomic mass is 10.2. The SMILES string of the molecule is CC(CCl)Cn1cc([N+](=O)[O-])cc(Br)c1=O. The van der Waals surface area contributed by atoms with Crippen LogP contribution in [0.1, 0.15) is 6.92 Å². The van der Waals surface area contributed by atoms with E-state index in [1.54, 1.807) is 0 Å². The molecule has 88 valence electrons. The Balaban J connectivity index is 3.17. The van der Waals surface area contributed by atoms with E-state index in [0.29, 0.717) is 12.4 Å². The predicted octanol–water partition coefficient (Wildman–Crippen LogP) is 2.39. The Morgan fingerprint density at radius 2 is 2.31 bits per heavy atom. The van der Waals surface area contributed by atoms with Gasteiger partial charge in [0, 0.05) is 18.5 Å². The Morgan fingerprint density at radius 1 is 1.69 bits per heavy atom. The van der Waals surface area contributed by atoms with Crippen LogP contribution in [-0.2, 0) is 6.54 Å². The fourth-order valence-electron chi connectivity index (χ4n) is 1.20. The summed E-state index contributed by atoms with van der Waals surface area (Å²) >= 11 is 8.64. The molecule has 1 unspecified atom stereocenters. The summed E-state index contributed by atoms with van der Waals surface area (Å²) in [7, 11) is 0. The Morgan fingerprint density at radius 3 is 2.81 bits per heavy atom. The highest BCUT2D eigenvalue weighted by atomic mass is 79.9. The molecule has 16 heavy (non-hydrogen) atoms. The third kappa shape index (κ3) is 3.05. The molecule has 0 aliphatic rings. The first-order valence-electron chi connectivity index (χ1n) is 4.56. The van der Waals surface area contributed by atoms with Gasteiger partial charge in [-0.25, -0.2) is 0 Å². The van der Waals surface area contributed by atoms with Crippen LogP contribution < -0.4 is 5.56 Å². The average molecular weight is 310 g/mol. The minimum Gasteiger partial charge on any atom is -0.308 e. The largest absolute Gasteiger partial charge is 0.308 e. The number of aromatic nitrogens is 1. The third-order valence-electron chi connectivity index (χ3n) is 2.01. The van der Waals surface area contributed by atoms with Crippen LogP contribution in [0, 0.1) is 16.0 Å². The van der Waals surface area contributed by atoms with Gasteiger partial charge in [-0.15, -0.1) is 11.6 Å². The molecule has 0 saturated heterocycles. The fraction of sp³-hybridized carbons (Fsp3) is 0.444. The second-order valence-electron chi connectivity index (χ2n) is 3.52. The lowest BCUT2D eigenvalue weighted by Gasteiger charge is -2.10. The van der Waals surface area contributed by atoms with Gasteiger partial charge in [-0.1, -0.05) is 6.92 Å². The number of pyridine rings is 1. The molecule has 1 rings (SSSR count). The number of rotatable bonds is 4. The van der Waals surface area contributed by atoms with Gasteiger partial charge < -0.3 is 4.57 Å². The first kappa shape index (κ1) is 13.2. The van der Waals surface area contributed by atoms with E-state index in [-0.39, 0.29) is 21.6 Å². The van der Waals surface area contributed by atoms with Crippen LogP contribution in [0.3, 0.4) is 0 Å². The normalized spacial score (nSPS) is 12.4. The van der Waals surface area contributed by atoms with Crippen molar-refractivity contribution in [2.24, 2.45) is 5.92 Å². The third-order valence-corrected chi connectivity index (χ3v) is 3.11. The molecule has 0 aromatic carbocycles. The van der Waals surface area contributed by atoms with Crippen LogP contribution in [0.25, 0.3) is 0 Å². The number of hydrogen-bond acceptors (Lipinski definition) is 3. The van der Waals surface area contributed by atoms with Crippen molar-refractivity contribution in [3.8, 4) is 0 Å². The molecule has 0 N–H and O–H groups in total. The summed E-state index contributed by atoms with van der Waals surface area (Å²) in [4.78, 5) is 21.7. The maximum Gasteiger partial charge on any atom is 0.286 e. The number of alkyl halides is 1. The molecule has 1 aromatic rings. The molecule has 0 aliphatic heterocycles. The van der Waals surface area contributed by atoms with E-state index in [4.69, 9.17) is 11.6 Å². The van der Waals surface area contributed by atoms with Gasteiger partial charge in [0.25, 0.3) is 11.2 Å². The van der Waals surface area contributed by atoms with Gasteiger partial charge in [-0.05, 0) is 21.8 Å². The average Bonchev–Trinajstić information content (AvgIpc) is 2.23. The molecule has 1 aromatic heterocycles. The van der Waals surface area contributed by atoms with Crippen LogP contribution in [0.5, 0.6) is 0 Å². The van der Waals surface area contributed by atoms with Crippen LogP contribution in [-0.4, -0.2) is 15.4 Å². The highest BCUT2D eigenvalue weighted by Gasteiger charge is 2.13.